The topological polar surface area (TPSA) is 59.6 Å². The molecule has 1 saturated carbocycles. The predicted molar refractivity (Wildman–Crippen MR) is 118 cm³/mol. The number of aliphatic imine (C=N–C) groups is 1. The van der Waals surface area contributed by atoms with Crippen LogP contribution in [0.25, 0.3) is 0 Å². The third kappa shape index (κ3) is 3.98. The number of ether oxygens (including phenoxy) is 1. The SMILES string of the molecule is CC(C)Oc1ccc(NC(N)=NCC2C3Cc4ccccc4C23)cc1.I. The Morgan fingerprint density at radius 2 is 1.92 bits per heavy atom. The monoisotopic (exact) mass is 463 g/mol. The number of fused-ring (bicyclic) bond motifs is 3. The average molecular weight is 463 g/mol. The van der Waals surface area contributed by atoms with Crippen molar-refractivity contribution in [3.63, 3.8) is 0 Å². The Morgan fingerprint density at radius 3 is 2.65 bits per heavy atom. The lowest BCUT2D eigenvalue weighted by atomic mass is 10.0. The molecular weight excluding hydrogens is 437 g/mol. The molecule has 3 atom stereocenters. The highest BCUT2D eigenvalue weighted by molar-refractivity contribution is 14.0. The van der Waals surface area contributed by atoms with Gasteiger partial charge in [0.2, 0.25) is 0 Å². The summed E-state index contributed by atoms with van der Waals surface area (Å²) in [4.78, 5) is 4.56. The van der Waals surface area contributed by atoms with E-state index in [1.807, 2.05) is 38.1 Å². The minimum atomic E-state index is 0. The minimum Gasteiger partial charge on any atom is -0.491 e. The fraction of sp³-hybridized carbons (Fsp3) is 0.381. The number of guanidine groups is 1. The van der Waals surface area contributed by atoms with Gasteiger partial charge in [-0.25, -0.2) is 0 Å². The Labute approximate surface area is 172 Å². The molecule has 0 aromatic heterocycles. The van der Waals surface area contributed by atoms with E-state index in [0.29, 0.717) is 17.8 Å². The van der Waals surface area contributed by atoms with Gasteiger partial charge in [0.25, 0.3) is 0 Å². The summed E-state index contributed by atoms with van der Waals surface area (Å²) < 4.78 is 5.64. The molecule has 0 amide bonds. The lowest BCUT2D eigenvalue weighted by Crippen LogP contribution is -2.23. The first-order valence-corrected chi connectivity index (χ1v) is 9.03. The van der Waals surface area contributed by atoms with Gasteiger partial charge in [-0.2, -0.15) is 0 Å². The first-order chi connectivity index (χ1) is 12.1. The van der Waals surface area contributed by atoms with E-state index >= 15 is 0 Å². The molecule has 2 aliphatic carbocycles. The summed E-state index contributed by atoms with van der Waals surface area (Å²) in [6.45, 7) is 4.84. The maximum atomic E-state index is 6.05. The van der Waals surface area contributed by atoms with Gasteiger partial charge in [-0.05, 0) is 73.4 Å². The Bertz CT molecular complexity index is 788. The summed E-state index contributed by atoms with van der Waals surface area (Å²) in [5.74, 6) is 3.45. The van der Waals surface area contributed by atoms with E-state index < -0.39 is 0 Å². The van der Waals surface area contributed by atoms with Crippen molar-refractivity contribution in [1.29, 1.82) is 0 Å². The zero-order valence-electron chi connectivity index (χ0n) is 15.2. The predicted octanol–water partition coefficient (Wildman–Crippen LogP) is 4.40. The van der Waals surface area contributed by atoms with Gasteiger partial charge in [0, 0.05) is 12.2 Å². The van der Waals surface area contributed by atoms with Crippen molar-refractivity contribution in [3.05, 3.63) is 59.7 Å². The third-order valence-corrected chi connectivity index (χ3v) is 5.17. The average Bonchev–Trinajstić information content (AvgIpc) is 3.13. The fourth-order valence-electron chi connectivity index (χ4n) is 4.01. The summed E-state index contributed by atoms with van der Waals surface area (Å²) in [6.07, 6.45) is 1.37. The van der Waals surface area contributed by atoms with Crippen LogP contribution in [0.1, 0.15) is 30.9 Å². The molecule has 4 nitrogen and oxygen atoms in total. The fourth-order valence-corrected chi connectivity index (χ4v) is 4.01. The second-order valence-corrected chi connectivity index (χ2v) is 7.30. The number of halogens is 1. The molecule has 0 aliphatic heterocycles. The second-order valence-electron chi connectivity index (χ2n) is 7.30. The Kier molecular flexibility index (Phi) is 5.75. The molecule has 1 fully saturated rings. The van der Waals surface area contributed by atoms with Crippen LogP contribution in [0.4, 0.5) is 5.69 Å². The Morgan fingerprint density at radius 1 is 1.19 bits per heavy atom. The van der Waals surface area contributed by atoms with Crippen LogP contribution in [0.5, 0.6) is 5.75 Å². The highest BCUT2D eigenvalue weighted by Gasteiger charge is 2.54. The molecule has 2 aliphatic rings. The van der Waals surface area contributed by atoms with Crippen molar-refractivity contribution < 1.29 is 4.74 Å². The number of hydrogen-bond donors (Lipinski definition) is 2. The smallest absolute Gasteiger partial charge is 0.193 e. The van der Waals surface area contributed by atoms with Crippen LogP contribution < -0.4 is 15.8 Å². The molecule has 2 aromatic carbocycles. The molecule has 2 aromatic rings. The van der Waals surface area contributed by atoms with Crippen molar-refractivity contribution in [2.75, 3.05) is 11.9 Å². The van der Waals surface area contributed by atoms with Gasteiger partial charge in [-0.3, -0.25) is 4.99 Å². The van der Waals surface area contributed by atoms with Crippen molar-refractivity contribution >= 4 is 35.6 Å². The minimum absolute atomic E-state index is 0. The van der Waals surface area contributed by atoms with Gasteiger partial charge in [0.05, 0.1) is 6.10 Å². The van der Waals surface area contributed by atoms with Crippen LogP contribution in [-0.4, -0.2) is 18.6 Å². The van der Waals surface area contributed by atoms with Crippen molar-refractivity contribution in [2.45, 2.75) is 32.3 Å². The van der Waals surface area contributed by atoms with Gasteiger partial charge in [-0.1, -0.05) is 24.3 Å². The highest BCUT2D eigenvalue weighted by Crippen LogP contribution is 2.61. The molecule has 4 rings (SSSR count). The van der Waals surface area contributed by atoms with E-state index in [9.17, 15) is 0 Å². The van der Waals surface area contributed by atoms with Crippen LogP contribution >= 0.6 is 24.0 Å². The number of benzene rings is 2. The quantitative estimate of drug-likeness (QED) is 0.393. The number of nitrogens with one attached hydrogen (secondary N) is 1. The van der Waals surface area contributed by atoms with Crippen LogP contribution in [0.15, 0.2) is 53.5 Å². The first-order valence-electron chi connectivity index (χ1n) is 9.03. The van der Waals surface area contributed by atoms with Crippen LogP contribution in [-0.2, 0) is 6.42 Å². The van der Waals surface area contributed by atoms with Gasteiger partial charge < -0.3 is 15.8 Å². The molecule has 3 unspecified atom stereocenters. The normalized spacial score (nSPS) is 23.0. The summed E-state index contributed by atoms with van der Waals surface area (Å²) in [5.41, 5.74) is 10.0. The van der Waals surface area contributed by atoms with Crippen molar-refractivity contribution in [2.24, 2.45) is 22.6 Å². The Balaban J connectivity index is 0.00000196. The van der Waals surface area contributed by atoms with Crippen molar-refractivity contribution in [3.8, 4) is 5.75 Å². The summed E-state index contributed by atoms with van der Waals surface area (Å²) >= 11 is 0. The molecule has 0 heterocycles. The largest absolute Gasteiger partial charge is 0.491 e. The number of anilines is 1. The lowest BCUT2D eigenvalue weighted by Gasteiger charge is -2.11. The van der Waals surface area contributed by atoms with E-state index in [4.69, 9.17) is 10.5 Å². The molecule has 3 N–H and O–H groups in total. The number of nitrogens with two attached hydrogens (primary N) is 1. The molecule has 5 heteroatoms. The summed E-state index contributed by atoms with van der Waals surface area (Å²) in [7, 11) is 0. The van der Waals surface area contributed by atoms with Gasteiger partial charge in [0.1, 0.15) is 5.75 Å². The van der Waals surface area contributed by atoms with Crippen LogP contribution in [0.3, 0.4) is 0 Å². The van der Waals surface area contributed by atoms with E-state index in [1.165, 1.54) is 17.5 Å². The standard InChI is InChI=1S/C21H25N3O.HI/c1-13(2)25-16-9-7-15(8-10-16)24-21(22)23-12-19-18-11-14-5-3-4-6-17(14)20(18)19;/h3-10,13,18-20H,11-12H2,1-2H3,(H3,22,23,24);1H. The second kappa shape index (κ2) is 7.86. The maximum absolute atomic E-state index is 6.05. The number of rotatable bonds is 5. The molecule has 0 radical (unpaired) electrons. The van der Waals surface area contributed by atoms with E-state index in [0.717, 1.165) is 23.9 Å². The first kappa shape index (κ1) is 19.0. The van der Waals surface area contributed by atoms with E-state index in [-0.39, 0.29) is 30.1 Å². The number of nitrogens with zero attached hydrogens (tertiary/aromatic N) is 1. The third-order valence-electron chi connectivity index (χ3n) is 5.17. The van der Waals surface area contributed by atoms with E-state index in [2.05, 4.69) is 34.6 Å². The number of hydrogen-bond acceptors (Lipinski definition) is 2. The molecule has 0 saturated heterocycles. The van der Waals surface area contributed by atoms with Gasteiger partial charge in [-0.15, -0.1) is 24.0 Å². The Hall–Kier alpha value is -1.76. The van der Waals surface area contributed by atoms with Crippen LogP contribution in [0.2, 0.25) is 0 Å². The zero-order valence-corrected chi connectivity index (χ0v) is 17.5. The van der Waals surface area contributed by atoms with Crippen LogP contribution in [0, 0.1) is 11.8 Å². The van der Waals surface area contributed by atoms with Gasteiger partial charge in [0.15, 0.2) is 5.96 Å². The molecule has 0 spiro atoms. The zero-order chi connectivity index (χ0) is 17.4. The van der Waals surface area contributed by atoms with E-state index in [1.54, 1.807) is 0 Å². The maximum Gasteiger partial charge on any atom is 0.193 e. The van der Waals surface area contributed by atoms with Gasteiger partial charge >= 0.3 is 0 Å². The van der Waals surface area contributed by atoms with Crippen molar-refractivity contribution in [1.82, 2.24) is 0 Å². The molecule has 0 bridgehead atoms. The molecule has 138 valence electrons. The lowest BCUT2D eigenvalue weighted by molar-refractivity contribution is 0.242. The summed E-state index contributed by atoms with van der Waals surface area (Å²) in [6, 6.07) is 16.6. The molecular formula is C21H26IN3O. The molecule has 26 heavy (non-hydrogen) atoms. The highest BCUT2D eigenvalue weighted by atomic mass is 127. The summed E-state index contributed by atoms with van der Waals surface area (Å²) in [5, 5.41) is 3.16.